The lowest BCUT2D eigenvalue weighted by Gasteiger charge is -2.35. The van der Waals surface area contributed by atoms with Gasteiger partial charge in [0.1, 0.15) is 5.01 Å². The summed E-state index contributed by atoms with van der Waals surface area (Å²) in [5, 5.41) is 6.73. The molecular weight excluding hydrogens is 218 g/mol. The van der Waals surface area contributed by atoms with Crippen molar-refractivity contribution in [3.05, 3.63) is 16.1 Å². The fourth-order valence-electron chi connectivity index (χ4n) is 1.66. The number of aromatic nitrogens is 1. The molecule has 0 unspecified atom stereocenters. The van der Waals surface area contributed by atoms with Gasteiger partial charge in [0.25, 0.3) is 0 Å². The molecule has 0 bridgehead atoms. The molecule has 0 radical (unpaired) electrons. The van der Waals surface area contributed by atoms with Crippen LogP contribution in [0.1, 0.15) is 31.5 Å². The Kier molecular flexibility index (Phi) is 3.33. The van der Waals surface area contributed by atoms with Crippen molar-refractivity contribution in [1.29, 1.82) is 0 Å². The molecule has 3 nitrogen and oxygen atoms in total. The van der Waals surface area contributed by atoms with Crippen molar-refractivity contribution >= 4 is 11.3 Å². The van der Waals surface area contributed by atoms with Gasteiger partial charge in [-0.15, -0.1) is 11.3 Å². The Bertz CT molecular complexity index is 349. The maximum absolute atomic E-state index is 4.72. The Morgan fingerprint density at radius 1 is 1.50 bits per heavy atom. The monoisotopic (exact) mass is 239 g/mol. The van der Waals surface area contributed by atoms with E-state index < -0.39 is 0 Å². The third kappa shape index (κ3) is 2.62. The molecule has 90 valence electrons. The van der Waals surface area contributed by atoms with Crippen LogP contribution in [-0.4, -0.2) is 36.1 Å². The molecule has 0 aromatic carbocycles. The lowest BCUT2D eigenvalue weighted by Crippen LogP contribution is -2.55. The molecule has 1 saturated heterocycles. The summed E-state index contributed by atoms with van der Waals surface area (Å²) in [5.74, 6) is 0. The van der Waals surface area contributed by atoms with E-state index in [2.05, 4.69) is 43.4 Å². The zero-order chi connectivity index (χ0) is 11.8. The Hall–Kier alpha value is -0.450. The van der Waals surface area contributed by atoms with Gasteiger partial charge in [0, 0.05) is 29.9 Å². The third-order valence-electron chi connectivity index (χ3n) is 3.09. The van der Waals surface area contributed by atoms with Crippen LogP contribution in [0, 0.1) is 0 Å². The van der Waals surface area contributed by atoms with Crippen LogP contribution in [-0.2, 0) is 12.0 Å². The standard InChI is InChI=1S/C12H21N3S/c1-12(2,3)10-8-16-11(14-10)7-15(4)9-5-13-6-9/h8-9,13H,5-7H2,1-4H3. The van der Waals surface area contributed by atoms with Gasteiger partial charge in [0.2, 0.25) is 0 Å². The summed E-state index contributed by atoms with van der Waals surface area (Å²) in [7, 11) is 2.18. The average molecular weight is 239 g/mol. The Morgan fingerprint density at radius 2 is 2.19 bits per heavy atom. The molecule has 1 N–H and O–H groups in total. The number of hydrogen-bond donors (Lipinski definition) is 1. The van der Waals surface area contributed by atoms with E-state index in [0.717, 1.165) is 19.6 Å². The lowest BCUT2D eigenvalue weighted by molar-refractivity contribution is 0.173. The topological polar surface area (TPSA) is 28.2 Å². The molecule has 0 amide bonds. The van der Waals surface area contributed by atoms with Crippen molar-refractivity contribution in [2.45, 2.75) is 38.8 Å². The zero-order valence-corrected chi connectivity index (χ0v) is 11.4. The summed E-state index contributed by atoms with van der Waals surface area (Å²) in [6.45, 7) is 9.86. The second kappa shape index (κ2) is 4.43. The summed E-state index contributed by atoms with van der Waals surface area (Å²) in [5.41, 5.74) is 1.39. The van der Waals surface area contributed by atoms with Gasteiger partial charge >= 0.3 is 0 Å². The number of nitrogens with zero attached hydrogens (tertiary/aromatic N) is 2. The molecular formula is C12H21N3S. The Morgan fingerprint density at radius 3 is 2.62 bits per heavy atom. The van der Waals surface area contributed by atoms with Crippen LogP contribution in [0.4, 0.5) is 0 Å². The van der Waals surface area contributed by atoms with Crippen LogP contribution in [0.25, 0.3) is 0 Å². The first-order valence-electron chi connectivity index (χ1n) is 5.82. The molecule has 1 fully saturated rings. The number of nitrogens with one attached hydrogen (secondary N) is 1. The van der Waals surface area contributed by atoms with E-state index in [1.807, 2.05) is 0 Å². The molecule has 16 heavy (non-hydrogen) atoms. The number of hydrogen-bond acceptors (Lipinski definition) is 4. The van der Waals surface area contributed by atoms with Crippen LogP contribution < -0.4 is 5.32 Å². The van der Waals surface area contributed by atoms with Gasteiger partial charge in [-0.2, -0.15) is 0 Å². The van der Waals surface area contributed by atoms with Crippen molar-refractivity contribution < 1.29 is 0 Å². The quantitative estimate of drug-likeness (QED) is 0.872. The molecule has 2 rings (SSSR count). The highest BCUT2D eigenvalue weighted by molar-refractivity contribution is 7.09. The summed E-state index contributed by atoms with van der Waals surface area (Å²) >= 11 is 1.78. The van der Waals surface area contributed by atoms with E-state index in [1.165, 1.54) is 10.7 Å². The third-order valence-corrected chi connectivity index (χ3v) is 3.92. The van der Waals surface area contributed by atoms with E-state index in [9.17, 15) is 0 Å². The van der Waals surface area contributed by atoms with E-state index in [-0.39, 0.29) is 5.41 Å². The summed E-state index contributed by atoms with van der Waals surface area (Å²) in [4.78, 5) is 7.11. The van der Waals surface area contributed by atoms with Crippen molar-refractivity contribution in [3.63, 3.8) is 0 Å². The van der Waals surface area contributed by atoms with Crippen LogP contribution in [0.3, 0.4) is 0 Å². The fourth-order valence-corrected chi connectivity index (χ4v) is 2.74. The van der Waals surface area contributed by atoms with E-state index in [1.54, 1.807) is 11.3 Å². The normalized spacial score (nSPS) is 17.8. The second-order valence-corrected chi connectivity index (χ2v) is 6.55. The minimum Gasteiger partial charge on any atom is -0.314 e. The SMILES string of the molecule is CN(Cc1nc(C(C)(C)C)cs1)C1CNC1. The molecule has 2 heterocycles. The predicted octanol–water partition coefficient (Wildman–Crippen LogP) is 1.84. The van der Waals surface area contributed by atoms with Gasteiger partial charge in [-0.1, -0.05) is 20.8 Å². The van der Waals surface area contributed by atoms with Crippen molar-refractivity contribution in [2.24, 2.45) is 0 Å². The predicted molar refractivity (Wildman–Crippen MR) is 68.9 cm³/mol. The minimum absolute atomic E-state index is 0.172. The van der Waals surface area contributed by atoms with Gasteiger partial charge in [-0.25, -0.2) is 4.98 Å². The maximum Gasteiger partial charge on any atom is 0.107 e. The zero-order valence-electron chi connectivity index (χ0n) is 10.6. The fraction of sp³-hybridized carbons (Fsp3) is 0.750. The first-order chi connectivity index (χ1) is 7.47. The van der Waals surface area contributed by atoms with Gasteiger partial charge in [0.05, 0.1) is 12.2 Å². The summed E-state index contributed by atoms with van der Waals surface area (Å²) in [6.07, 6.45) is 0. The van der Waals surface area contributed by atoms with E-state index >= 15 is 0 Å². The van der Waals surface area contributed by atoms with E-state index in [0.29, 0.717) is 6.04 Å². The highest BCUT2D eigenvalue weighted by atomic mass is 32.1. The number of thiazole rings is 1. The Labute approximate surface area is 102 Å². The van der Waals surface area contributed by atoms with Crippen LogP contribution in [0.5, 0.6) is 0 Å². The molecule has 1 aromatic heterocycles. The summed E-state index contributed by atoms with van der Waals surface area (Å²) in [6, 6.07) is 0.696. The smallest absolute Gasteiger partial charge is 0.107 e. The largest absolute Gasteiger partial charge is 0.314 e. The molecule has 1 aromatic rings. The average Bonchev–Trinajstić information content (AvgIpc) is 2.47. The van der Waals surface area contributed by atoms with Gasteiger partial charge in [-0.05, 0) is 7.05 Å². The first kappa shape index (κ1) is 12.0. The highest BCUT2D eigenvalue weighted by Crippen LogP contribution is 2.24. The van der Waals surface area contributed by atoms with Gasteiger partial charge in [0.15, 0.2) is 0 Å². The second-order valence-electron chi connectivity index (χ2n) is 5.60. The number of rotatable bonds is 3. The molecule has 0 spiro atoms. The van der Waals surface area contributed by atoms with Gasteiger partial charge in [-0.3, -0.25) is 4.90 Å². The maximum atomic E-state index is 4.72. The summed E-state index contributed by atoms with van der Waals surface area (Å²) < 4.78 is 0. The number of likely N-dealkylation sites (N-methyl/N-ethyl adjacent to an activating group) is 1. The van der Waals surface area contributed by atoms with E-state index in [4.69, 9.17) is 4.98 Å². The van der Waals surface area contributed by atoms with Crippen molar-refractivity contribution in [1.82, 2.24) is 15.2 Å². The highest BCUT2D eigenvalue weighted by Gasteiger charge is 2.23. The molecule has 1 aliphatic rings. The molecule has 0 saturated carbocycles. The van der Waals surface area contributed by atoms with Crippen molar-refractivity contribution in [3.8, 4) is 0 Å². The molecule has 0 aliphatic carbocycles. The van der Waals surface area contributed by atoms with Gasteiger partial charge < -0.3 is 5.32 Å². The molecule has 1 aliphatic heterocycles. The first-order valence-corrected chi connectivity index (χ1v) is 6.70. The van der Waals surface area contributed by atoms with Crippen LogP contribution in [0.2, 0.25) is 0 Å². The molecule has 4 heteroatoms. The van der Waals surface area contributed by atoms with Crippen molar-refractivity contribution in [2.75, 3.05) is 20.1 Å². The minimum atomic E-state index is 0.172. The lowest BCUT2D eigenvalue weighted by atomic mass is 9.93. The molecule has 0 atom stereocenters. The Balaban J connectivity index is 1.97. The van der Waals surface area contributed by atoms with Crippen LogP contribution in [0.15, 0.2) is 5.38 Å². The van der Waals surface area contributed by atoms with Crippen LogP contribution >= 0.6 is 11.3 Å².